The maximum Gasteiger partial charge on any atom is 0.347 e. The van der Waals surface area contributed by atoms with Crippen molar-refractivity contribution in [2.45, 2.75) is 45.8 Å². The molecule has 1 aromatic carbocycles. The Morgan fingerprint density at radius 3 is 2.64 bits per heavy atom. The molecule has 1 aliphatic heterocycles. The van der Waals surface area contributed by atoms with Crippen LogP contribution in [-0.4, -0.2) is 59.4 Å². The molecular weight excluding hydrogens is 564 g/mol. The molecule has 0 saturated heterocycles. The Morgan fingerprint density at radius 2 is 1.90 bits per heavy atom. The van der Waals surface area contributed by atoms with Crippen LogP contribution in [0.25, 0.3) is 5.65 Å². The van der Waals surface area contributed by atoms with Gasteiger partial charge in [0.15, 0.2) is 22.9 Å². The van der Waals surface area contributed by atoms with E-state index in [0.717, 1.165) is 5.56 Å². The van der Waals surface area contributed by atoms with Crippen LogP contribution in [0.1, 0.15) is 52.4 Å². The zero-order valence-corrected chi connectivity index (χ0v) is 23.7. The van der Waals surface area contributed by atoms with Gasteiger partial charge in [-0.3, -0.25) is 19.2 Å². The third-order valence-electron chi connectivity index (χ3n) is 7.37. The van der Waals surface area contributed by atoms with Gasteiger partial charge < -0.3 is 19.9 Å². The predicted octanol–water partition coefficient (Wildman–Crippen LogP) is 2.16. The van der Waals surface area contributed by atoms with Gasteiger partial charge in [0.1, 0.15) is 0 Å². The quantitative estimate of drug-likeness (QED) is 0.251. The maximum absolute atomic E-state index is 13.5. The van der Waals surface area contributed by atoms with Gasteiger partial charge in [-0.1, -0.05) is 23.7 Å². The number of carbonyl (C=O) groups excluding carboxylic acids is 3. The predicted molar refractivity (Wildman–Crippen MR) is 154 cm³/mol. The van der Waals surface area contributed by atoms with E-state index in [1.807, 2.05) is 13.8 Å². The van der Waals surface area contributed by atoms with E-state index in [4.69, 9.17) is 11.6 Å². The first-order chi connectivity index (χ1) is 20.0. The summed E-state index contributed by atoms with van der Waals surface area (Å²) in [5.74, 6) is -2.72. The Bertz CT molecular complexity index is 1820. The Kier molecular flexibility index (Phi) is 7.99. The first-order valence-electron chi connectivity index (χ1n) is 13.4. The van der Waals surface area contributed by atoms with Crippen LogP contribution in [0.2, 0.25) is 5.02 Å². The number of ketones is 1. The maximum atomic E-state index is 13.5. The fraction of sp³-hybridized carbons (Fsp3) is 0.310. The second-order valence-corrected chi connectivity index (χ2v) is 10.9. The molecule has 0 aliphatic carbocycles. The topological polar surface area (TPSA) is 159 Å². The van der Waals surface area contributed by atoms with E-state index in [9.17, 15) is 29.1 Å². The third kappa shape index (κ3) is 5.70. The van der Waals surface area contributed by atoms with Gasteiger partial charge in [0, 0.05) is 60.0 Å². The number of hydrogen-bond acceptors (Lipinski definition) is 7. The number of pyridine rings is 2. The molecule has 13 heteroatoms. The minimum Gasteiger partial charge on any atom is -0.503 e. The number of halogens is 1. The van der Waals surface area contributed by atoms with Crippen LogP contribution in [0, 0.1) is 5.92 Å². The normalized spacial score (nSPS) is 13.8. The fourth-order valence-electron chi connectivity index (χ4n) is 5.18. The van der Waals surface area contributed by atoms with Crippen molar-refractivity contribution >= 4 is 34.8 Å². The molecule has 0 radical (unpaired) electrons. The Balaban J connectivity index is 1.40. The lowest BCUT2D eigenvalue weighted by Crippen LogP contribution is -2.46. The van der Waals surface area contributed by atoms with E-state index in [1.165, 1.54) is 22.7 Å². The summed E-state index contributed by atoms with van der Waals surface area (Å²) in [5, 5.41) is 19.9. The highest BCUT2D eigenvalue weighted by molar-refractivity contribution is 6.30. The second-order valence-electron chi connectivity index (χ2n) is 10.5. The number of aromatic hydroxyl groups is 1. The fourth-order valence-corrected chi connectivity index (χ4v) is 5.40. The molecule has 12 nitrogen and oxygen atoms in total. The Hall–Kier alpha value is -4.71. The molecule has 42 heavy (non-hydrogen) atoms. The van der Waals surface area contributed by atoms with Crippen LogP contribution >= 0.6 is 11.6 Å². The molecule has 4 heterocycles. The number of aromatic nitrogens is 4. The number of hydrogen-bond donors (Lipinski definition) is 3. The molecule has 2 amide bonds. The van der Waals surface area contributed by atoms with Gasteiger partial charge in [0.05, 0.1) is 6.54 Å². The lowest BCUT2D eigenvalue weighted by atomic mass is 9.91. The van der Waals surface area contributed by atoms with Gasteiger partial charge in [-0.15, -0.1) is 0 Å². The van der Waals surface area contributed by atoms with Crippen LogP contribution in [0.3, 0.4) is 0 Å². The molecule has 1 aliphatic rings. The summed E-state index contributed by atoms with van der Waals surface area (Å²) < 4.78 is 2.76. The van der Waals surface area contributed by atoms with Gasteiger partial charge >= 0.3 is 5.69 Å². The molecule has 0 fully saturated rings. The molecule has 0 bridgehead atoms. The highest BCUT2D eigenvalue weighted by atomic mass is 35.5. The summed E-state index contributed by atoms with van der Waals surface area (Å²) in [6.07, 6.45) is 1.40. The smallest absolute Gasteiger partial charge is 0.347 e. The van der Waals surface area contributed by atoms with Gasteiger partial charge in [-0.05, 0) is 50.1 Å². The second kappa shape index (κ2) is 11.6. The molecule has 4 aromatic rings. The summed E-state index contributed by atoms with van der Waals surface area (Å²) in [6.45, 7) is 4.30. The van der Waals surface area contributed by atoms with Crippen molar-refractivity contribution in [2.24, 2.45) is 5.92 Å². The van der Waals surface area contributed by atoms with E-state index in [-0.39, 0.29) is 42.5 Å². The number of nitrogens with zero attached hydrogens (tertiary/aromatic N) is 4. The van der Waals surface area contributed by atoms with Crippen molar-refractivity contribution in [1.29, 1.82) is 0 Å². The van der Waals surface area contributed by atoms with Crippen molar-refractivity contribution in [3.63, 3.8) is 0 Å². The van der Waals surface area contributed by atoms with Crippen LogP contribution < -0.4 is 16.4 Å². The van der Waals surface area contributed by atoms with Gasteiger partial charge in [-0.2, -0.15) is 5.10 Å². The number of Topliss-reactive ketones (excluding diaryl/α,β-unsaturated/α-hetero) is 1. The third-order valence-corrected chi connectivity index (χ3v) is 7.61. The number of H-pyrrole nitrogens is 1. The summed E-state index contributed by atoms with van der Waals surface area (Å²) in [7, 11) is 0. The van der Waals surface area contributed by atoms with Crippen LogP contribution in [0.5, 0.6) is 5.75 Å². The first kappa shape index (κ1) is 28.8. The molecule has 218 valence electrons. The first-order valence-corrected chi connectivity index (χ1v) is 13.8. The largest absolute Gasteiger partial charge is 0.503 e. The summed E-state index contributed by atoms with van der Waals surface area (Å²) in [5.41, 5.74) is 0.372. The molecule has 5 rings (SSSR count). The zero-order chi connectivity index (χ0) is 30.1. The highest BCUT2D eigenvalue weighted by Gasteiger charge is 2.32. The van der Waals surface area contributed by atoms with E-state index in [2.05, 4.69) is 15.5 Å². The number of amides is 2. The number of benzene rings is 1. The molecule has 3 N–H and O–H groups in total. The molecule has 3 aromatic heterocycles. The SMILES string of the molecule is CC(C)N1CCn2c(CNC(=O)[C@H](CC(=O)c3ccc4n[nH]c(=O)n4c3)Cc3cccc(Cl)c3)cc(=O)c(O)c2C1=O. The van der Waals surface area contributed by atoms with Crippen molar-refractivity contribution < 1.29 is 19.5 Å². The molecule has 0 unspecified atom stereocenters. The van der Waals surface area contributed by atoms with E-state index in [0.29, 0.717) is 29.5 Å². The number of rotatable bonds is 9. The monoisotopic (exact) mass is 592 g/mol. The lowest BCUT2D eigenvalue weighted by molar-refractivity contribution is -0.125. The van der Waals surface area contributed by atoms with Gasteiger partial charge in [0.2, 0.25) is 11.3 Å². The summed E-state index contributed by atoms with van der Waals surface area (Å²) >= 11 is 6.15. The average Bonchev–Trinajstić information content (AvgIpc) is 3.33. The molecule has 0 saturated carbocycles. The van der Waals surface area contributed by atoms with Crippen molar-refractivity contribution in [3.05, 3.63) is 96.9 Å². The van der Waals surface area contributed by atoms with Crippen LogP contribution in [-0.2, 0) is 24.3 Å². The number of carbonyl (C=O) groups is 3. The summed E-state index contributed by atoms with van der Waals surface area (Å²) in [4.78, 5) is 66.0. The molecule has 0 spiro atoms. The standard InChI is InChI=1S/C29H29ClN6O6/c1-16(2)34-8-9-35-21(13-23(38)26(39)25(35)28(34)41)14-31-27(40)19(10-17-4-3-5-20(30)11-17)12-22(37)18-6-7-24-32-33-29(42)36(24)15-18/h3-7,11,13,15-16,19,39H,8-10,12,14H2,1-2H3,(H,31,40)(H,33,42)/t19-/m0/s1. The number of fused-ring (bicyclic) bond motifs is 2. The van der Waals surface area contributed by atoms with Crippen molar-refractivity contribution in [2.75, 3.05) is 6.54 Å². The highest BCUT2D eigenvalue weighted by Crippen LogP contribution is 2.23. The van der Waals surface area contributed by atoms with E-state index >= 15 is 0 Å². The zero-order valence-electron chi connectivity index (χ0n) is 23.0. The van der Waals surface area contributed by atoms with Gasteiger partial charge in [-0.25, -0.2) is 14.3 Å². The van der Waals surface area contributed by atoms with Gasteiger partial charge in [0.25, 0.3) is 5.91 Å². The van der Waals surface area contributed by atoms with Crippen LogP contribution in [0.4, 0.5) is 0 Å². The average molecular weight is 593 g/mol. The molecule has 1 atom stereocenters. The number of aromatic amines is 1. The van der Waals surface area contributed by atoms with Crippen molar-refractivity contribution in [3.8, 4) is 5.75 Å². The summed E-state index contributed by atoms with van der Waals surface area (Å²) in [6, 6.07) is 11.1. The molecular formula is C29H29ClN6O6. The van der Waals surface area contributed by atoms with E-state index in [1.54, 1.807) is 39.8 Å². The lowest BCUT2D eigenvalue weighted by Gasteiger charge is -2.34. The Morgan fingerprint density at radius 1 is 1.12 bits per heavy atom. The van der Waals surface area contributed by atoms with Crippen molar-refractivity contribution in [1.82, 2.24) is 29.4 Å². The van der Waals surface area contributed by atoms with Crippen LogP contribution in [0.15, 0.2) is 58.3 Å². The number of nitrogens with one attached hydrogen (secondary N) is 2. The Labute approximate surface area is 244 Å². The van der Waals surface area contributed by atoms with E-state index < -0.39 is 34.6 Å². The minimum absolute atomic E-state index is 0.104. The minimum atomic E-state index is -0.824.